The number of halogens is 3. The standard InChI is InChI=1S/C15H15F3N4O2S/c1-24-10-6-4-9(5-7-10)11(8-2-3-8)19-13(23)20-14-22-21-12(25-14)15(16,17)18/h4-8,11H,2-3H2,1H3,(H2,19,20,22,23). The Morgan fingerprint density at radius 2 is 1.96 bits per heavy atom. The van der Waals surface area contributed by atoms with Crippen molar-refractivity contribution in [3.63, 3.8) is 0 Å². The first-order valence-electron chi connectivity index (χ1n) is 7.49. The molecule has 2 amide bonds. The highest BCUT2D eigenvalue weighted by atomic mass is 32.1. The second-order valence-electron chi connectivity index (χ2n) is 5.60. The first kappa shape index (κ1) is 17.5. The third-order valence-electron chi connectivity index (χ3n) is 3.74. The normalized spacial score (nSPS) is 15.5. The van der Waals surface area contributed by atoms with Crippen LogP contribution in [0.4, 0.5) is 23.1 Å². The van der Waals surface area contributed by atoms with Crippen LogP contribution in [0.25, 0.3) is 0 Å². The van der Waals surface area contributed by atoms with E-state index in [4.69, 9.17) is 4.74 Å². The molecule has 0 radical (unpaired) electrons. The number of amides is 2. The number of alkyl halides is 3. The molecule has 0 saturated heterocycles. The third kappa shape index (κ3) is 4.38. The number of carbonyl (C=O) groups is 1. The van der Waals surface area contributed by atoms with Crippen molar-refractivity contribution in [2.24, 2.45) is 5.92 Å². The molecule has 1 unspecified atom stereocenters. The number of nitrogens with one attached hydrogen (secondary N) is 2. The molecule has 2 aromatic rings. The van der Waals surface area contributed by atoms with E-state index in [1.165, 1.54) is 0 Å². The minimum absolute atomic E-state index is 0.200. The molecule has 1 atom stereocenters. The highest BCUT2D eigenvalue weighted by Gasteiger charge is 2.36. The zero-order valence-corrected chi connectivity index (χ0v) is 13.9. The van der Waals surface area contributed by atoms with Gasteiger partial charge in [-0.1, -0.05) is 23.5 Å². The first-order chi connectivity index (χ1) is 11.9. The molecule has 1 aliphatic rings. The maximum Gasteiger partial charge on any atom is 0.445 e. The number of ether oxygens (including phenoxy) is 1. The zero-order chi connectivity index (χ0) is 18.0. The quantitative estimate of drug-likeness (QED) is 0.836. The molecule has 10 heteroatoms. The van der Waals surface area contributed by atoms with Crippen molar-refractivity contribution in [1.82, 2.24) is 15.5 Å². The maximum absolute atomic E-state index is 12.5. The number of rotatable bonds is 5. The fourth-order valence-electron chi connectivity index (χ4n) is 2.38. The zero-order valence-electron chi connectivity index (χ0n) is 13.1. The fraction of sp³-hybridized carbons (Fsp3) is 0.400. The minimum Gasteiger partial charge on any atom is -0.497 e. The van der Waals surface area contributed by atoms with Gasteiger partial charge in [0.05, 0.1) is 13.2 Å². The second-order valence-corrected chi connectivity index (χ2v) is 6.57. The van der Waals surface area contributed by atoms with Crippen LogP contribution in [-0.2, 0) is 6.18 Å². The SMILES string of the molecule is COc1ccc(C(NC(=O)Nc2nnc(C(F)(F)F)s2)C2CC2)cc1. The van der Waals surface area contributed by atoms with Gasteiger partial charge in [-0.2, -0.15) is 13.2 Å². The van der Waals surface area contributed by atoms with Crippen LogP contribution < -0.4 is 15.4 Å². The summed E-state index contributed by atoms with van der Waals surface area (Å²) >= 11 is 0.284. The summed E-state index contributed by atoms with van der Waals surface area (Å²) in [6.45, 7) is 0. The van der Waals surface area contributed by atoms with Crippen molar-refractivity contribution in [2.45, 2.75) is 25.1 Å². The lowest BCUT2D eigenvalue weighted by Crippen LogP contribution is -2.33. The Morgan fingerprint density at radius 3 is 2.48 bits per heavy atom. The topological polar surface area (TPSA) is 76.1 Å². The average Bonchev–Trinajstić information content (AvgIpc) is 3.30. The molecule has 1 saturated carbocycles. The smallest absolute Gasteiger partial charge is 0.445 e. The van der Waals surface area contributed by atoms with E-state index in [9.17, 15) is 18.0 Å². The number of carbonyl (C=O) groups excluding carboxylic acids is 1. The van der Waals surface area contributed by atoms with Gasteiger partial charge in [0.25, 0.3) is 0 Å². The van der Waals surface area contributed by atoms with Crippen LogP contribution in [0.2, 0.25) is 0 Å². The van der Waals surface area contributed by atoms with E-state index in [1.807, 2.05) is 12.1 Å². The van der Waals surface area contributed by atoms with Crippen molar-refractivity contribution in [1.29, 1.82) is 0 Å². The number of aromatic nitrogens is 2. The molecule has 0 aliphatic heterocycles. The van der Waals surface area contributed by atoms with Gasteiger partial charge in [0, 0.05) is 0 Å². The molecule has 0 spiro atoms. The highest BCUT2D eigenvalue weighted by Crippen LogP contribution is 2.41. The summed E-state index contributed by atoms with van der Waals surface area (Å²) < 4.78 is 42.7. The molecule has 134 valence electrons. The minimum atomic E-state index is -4.58. The van der Waals surface area contributed by atoms with Crippen molar-refractivity contribution in [3.8, 4) is 5.75 Å². The third-order valence-corrected chi connectivity index (χ3v) is 4.63. The Bertz CT molecular complexity index is 744. The van der Waals surface area contributed by atoms with E-state index in [2.05, 4.69) is 20.8 Å². The molecule has 2 N–H and O–H groups in total. The Balaban J connectivity index is 1.66. The van der Waals surface area contributed by atoms with Gasteiger partial charge in [-0.25, -0.2) is 4.79 Å². The molecule has 1 aliphatic carbocycles. The van der Waals surface area contributed by atoms with Crippen LogP contribution in [0.3, 0.4) is 0 Å². The van der Waals surface area contributed by atoms with Gasteiger partial charge >= 0.3 is 12.2 Å². The van der Waals surface area contributed by atoms with Gasteiger partial charge in [0.1, 0.15) is 5.75 Å². The summed E-state index contributed by atoms with van der Waals surface area (Å²) in [5, 5.41) is 10.2. The van der Waals surface area contributed by atoms with Gasteiger partial charge in [-0.05, 0) is 36.5 Å². The van der Waals surface area contributed by atoms with E-state index in [-0.39, 0.29) is 22.5 Å². The molecular weight excluding hydrogens is 357 g/mol. The molecule has 3 rings (SSSR count). The van der Waals surface area contributed by atoms with Crippen molar-refractivity contribution >= 4 is 22.5 Å². The number of hydrogen-bond donors (Lipinski definition) is 2. The van der Waals surface area contributed by atoms with Gasteiger partial charge in [-0.3, -0.25) is 5.32 Å². The fourth-order valence-corrected chi connectivity index (χ4v) is 2.98. The summed E-state index contributed by atoms with van der Waals surface area (Å²) in [6.07, 6.45) is -2.62. The number of methoxy groups -OCH3 is 1. The van der Waals surface area contributed by atoms with E-state index < -0.39 is 17.2 Å². The second kappa shape index (κ2) is 6.87. The lowest BCUT2D eigenvalue weighted by atomic mass is 10.0. The Labute approximate surface area is 145 Å². The van der Waals surface area contributed by atoms with Gasteiger partial charge in [0.2, 0.25) is 10.1 Å². The van der Waals surface area contributed by atoms with E-state index in [0.29, 0.717) is 11.7 Å². The summed E-state index contributed by atoms with van der Waals surface area (Å²) in [7, 11) is 1.57. The average molecular weight is 372 g/mol. The summed E-state index contributed by atoms with van der Waals surface area (Å²) in [5.74, 6) is 1.01. The molecule has 6 nitrogen and oxygen atoms in total. The van der Waals surface area contributed by atoms with Crippen LogP contribution in [0.5, 0.6) is 5.75 Å². The van der Waals surface area contributed by atoms with Crippen LogP contribution >= 0.6 is 11.3 Å². The number of benzene rings is 1. The molecule has 1 aromatic carbocycles. The molecule has 1 aromatic heterocycles. The van der Waals surface area contributed by atoms with Crippen molar-refractivity contribution < 1.29 is 22.7 Å². The van der Waals surface area contributed by atoms with Gasteiger partial charge in [0.15, 0.2) is 0 Å². The Hall–Kier alpha value is -2.36. The van der Waals surface area contributed by atoms with Crippen LogP contribution in [0, 0.1) is 5.92 Å². The van der Waals surface area contributed by atoms with Gasteiger partial charge < -0.3 is 10.1 Å². The van der Waals surface area contributed by atoms with Crippen molar-refractivity contribution in [2.75, 3.05) is 12.4 Å². The van der Waals surface area contributed by atoms with Crippen LogP contribution in [0.15, 0.2) is 24.3 Å². The largest absolute Gasteiger partial charge is 0.497 e. The monoisotopic (exact) mass is 372 g/mol. The highest BCUT2D eigenvalue weighted by molar-refractivity contribution is 7.15. The van der Waals surface area contributed by atoms with Crippen LogP contribution in [0.1, 0.15) is 29.5 Å². The van der Waals surface area contributed by atoms with Crippen molar-refractivity contribution in [3.05, 3.63) is 34.8 Å². The molecule has 1 fully saturated rings. The van der Waals surface area contributed by atoms with Crippen LogP contribution in [-0.4, -0.2) is 23.3 Å². The number of nitrogens with zero attached hydrogens (tertiary/aromatic N) is 2. The summed E-state index contributed by atoms with van der Waals surface area (Å²) in [4.78, 5) is 12.1. The summed E-state index contributed by atoms with van der Waals surface area (Å²) in [6, 6.07) is 6.47. The molecular formula is C15H15F3N4O2S. The van der Waals surface area contributed by atoms with Gasteiger partial charge in [-0.15, -0.1) is 10.2 Å². The Morgan fingerprint density at radius 1 is 1.28 bits per heavy atom. The predicted molar refractivity (Wildman–Crippen MR) is 85.5 cm³/mol. The van der Waals surface area contributed by atoms with E-state index >= 15 is 0 Å². The molecule has 1 heterocycles. The number of urea groups is 1. The predicted octanol–water partition coefficient (Wildman–Crippen LogP) is 3.84. The molecule has 25 heavy (non-hydrogen) atoms. The lowest BCUT2D eigenvalue weighted by Gasteiger charge is -2.19. The Kier molecular flexibility index (Phi) is 4.80. The summed E-state index contributed by atoms with van der Waals surface area (Å²) in [5.41, 5.74) is 0.909. The lowest BCUT2D eigenvalue weighted by molar-refractivity contribution is -0.138. The van der Waals surface area contributed by atoms with E-state index in [1.54, 1.807) is 19.2 Å². The number of hydrogen-bond acceptors (Lipinski definition) is 5. The molecule has 0 bridgehead atoms. The maximum atomic E-state index is 12.5. The first-order valence-corrected chi connectivity index (χ1v) is 8.30. The van der Waals surface area contributed by atoms with E-state index in [0.717, 1.165) is 18.4 Å². The number of anilines is 1.